The number of hydrogen-bond donors (Lipinski definition) is 1. The van der Waals surface area contributed by atoms with Gasteiger partial charge in [-0.05, 0) is 55.3 Å². The molecular weight excluding hydrogens is 614 g/mol. The number of hydrogen-bond acceptors (Lipinski definition) is 8. The van der Waals surface area contributed by atoms with Gasteiger partial charge in [0, 0.05) is 54.8 Å². The number of sulfonamides is 1. The first-order valence-corrected chi connectivity index (χ1v) is 15.4. The highest BCUT2D eigenvalue weighted by Gasteiger charge is 2.49. The van der Waals surface area contributed by atoms with Gasteiger partial charge in [-0.25, -0.2) is 32.2 Å². The number of fused-ring (bicyclic) bond motifs is 1. The standard InChI is InChI=1S/C30H25ClF2N6O4S/c1-18(40)5-8-26(41)39-15-30(16-39)9-10-38(14-30)29-21-11-19(6-7-24(21)35-17-36-29)20-12-25(28(31)34-13-20)37-44(42,43)27-22(32)3-2-4-23(27)33/h2-8,11-13,17,37H,9-10,14-16H2,1H3/b8-5+. The summed E-state index contributed by atoms with van der Waals surface area (Å²) in [5, 5.41) is 0.551. The number of carbonyl (C=O) groups is 2. The second-order valence-corrected chi connectivity index (χ2v) is 12.9. The summed E-state index contributed by atoms with van der Waals surface area (Å²) in [7, 11) is -4.67. The molecule has 1 N–H and O–H groups in total. The molecule has 2 aromatic carbocycles. The number of allylic oxidation sites excluding steroid dienone is 1. The van der Waals surface area contributed by atoms with E-state index in [1.807, 2.05) is 6.07 Å². The number of amides is 1. The van der Waals surface area contributed by atoms with E-state index in [1.165, 1.54) is 37.7 Å². The molecule has 0 saturated carbocycles. The monoisotopic (exact) mass is 638 g/mol. The summed E-state index contributed by atoms with van der Waals surface area (Å²) in [6.45, 7) is 3.98. The van der Waals surface area contributed by atoms with Crippen LogP contribution >= 0.6 is 11.6 Å². The first-order chi connectivity index (χ1) is 20.9. The summed E-state index contributed by atoms with van der Waals surface area (Å²) in [6, 6.07) is 9.64. The number of rotatable bonds is 7. The number of ketones is 1. The van der Waals surface area contributed by atoms with Crippen LogP contribution in [0.2, 0.25) is 5.15 Å². The van der Waals surface area contributed by atoms with Gasteiger partial charge in [-0.3, -0.25) is 14.3 Å². The highest BCUT2D eigenvalue weighted by molar-refractivity contribution is 7.92. The predicted molar refractivity (Wildman–Crippen MR) is 161 cm³/mol. The van der Waals surface area contributed by atoms with E-state index in [-0.39, 0.29) is 27.9 Å². The average molecular weight is 639 g/mol. The number of benzene rings is 2. The molecule has 4 aromatic rings. The molecule has 4 heterocycles. The Balaban J connectivity index is 1.26. The van der Waals surface area contributed by atoms with E-state index in [0.29, 0.717) is 42.1 Å². The Labute approximate surface area is 256 Å². The van der Waals surface area contributed by atoms with Crippen molar-refractivity contribution in [3.05, 3.63) is 83.9 Å². The summed E-state index contributed by atoms with van der Waals surface area (Å²) < 4.78 is 56.4. The summed E-state index contributed by atoms with van der Waals surface area (Å²) in [5.74, 6) is -2.13. The fourth-order valence-corrected chi connectivity index (χ4v) is 7.08. The molecule has 2 aliphatic rings. The molecule has 1 amide bonds. The van der Waals surface area contributed by atoms with Gasteiger partial charge in [-0.15, -0.1) is 0 Å². The summed E-state index contributed by atoms with van der Waals surface area (Å²) in [5.41, 5.74) is 1.61. The van der Waals surface area contributed by atoms with Gasteiger partial charge in [0.15, 0.2) is 15.8 Å². The van der Waals surface area contributed by atoms with Crippen LogP contribution < -0.4 is 9.62 Å². The molecule has 2 fully saturated rings. The smallest absolute Gasteiger partial charge is 0.267 e. The van der Waals surface area contributed by atoms with Gasteiger partial charge in [0.25, 0.3) is 10.0 Å². The van der Waals surface area contributed by atoms with Crippen LogP contribution in [0.5, 0.6) is 0 Å². The Morgan fingerprint density at radius 3 is 2.48 bits per heavy atom. The molecule has 2 aliphatic heterocycles. The maximum atomic E-state index is 14.2. The first kappa shape index (κ1) is 29.6. The van der Waals surface area contributed by atoms with Gasteiger partial charge < -0.3 is 9.80 Å². The lowest BCUT2D eigenvalue weighted by Gasteiger charge is -2.47. The van der Waals surface area contributed by atoms with Crippen LogP contribution in [0, 0.1) is 17.0 Å². The molecular formula is C30H25ClF2N6O4S. The molecule has 6 rings (SSSR count). The van der Waals surface area contributed by atoms with E-state index in [4.69, 9.17) is 11.6 Å². The molecule has 1 spiro atoms. The zero-order valence-electron chi connectivity index (χ0n) is 23.3. The third-order valence-corrected chi connectivity index (χ3v) is 9.50. The fourth-order valence-electron chi connectivity index (χ4n) is 5.67. The van der Waals surface area contributed by atoms with Crippen molar-refractivity contribution in [1.29, 1.82) is 0 Å². The number of pyridine rings is 1. The first-order valence-electron chi connectivity index (χ1n) is 13.5. The minimum atomic E-state index is -4.67. The van der Waals surface area contributed by atoms with Crippen LogP contribution in [0.1, 0.15) is 13.3 Å². The van der Waals surface area contributed by atoms with Gasteiger partial charge in [-0.1, -0.05) is 23.7 Å². The SMILES string of the molecule is CC(=O)/C=C/C(=O)N1CC2(CCN(c3ncnc4ccc(-c5cnc(Cl)c(NS(=O)(=O)c6c(F)cccc6F)c5)cc34)C2)C1. The van der Waals surface area contributed by atoms with Crippen LogP contribution in [-0.2, 0) is 19.6 Å². The minimum Gasteiger partial charge on any atom is -0.355 e. The molecule has 2 aromatic heterocycles. The normalized spacial score (nSPS) is 16.1. The zero-order chi connectivity index (χ0) is 31.2. The van der Waals surface area contributed by atoms with Crippen molar-refractivity contribution < 1.29 is 26.8 Å². The van der Waals surface area contributed by atoms with Crippen molar-refractivity contribution in [2.24, 2.45) is 5.41 Å². The maximum absolute atomic E-state index is 14.2. The van der Waals surface area contributed by atoms with Gasteiger partial charge >= 0.3 is 0 Å². The van der Waals surface area contributed by atoms with Crippen molar-refractivity contribution in [2.45, 2.75) is 18.2 Å². The molecule has 44 heavy (non-hydrogen) atoms. The lowest BCUT2D eigenvalue weighted by molar-refractivity contribution is -0.136. The lowest BCUT2D eigenvalue weighted by atomic mass is 9.79. The number of nitrogens with zero attached hydrogens (tertiary/aromatic N) is 5. The van der Waals surface area contributed by atoms with Crippen molar-refractivity contribution in [1.82, 2.24) is 19.9 Å². The van der Waals surface area contributed by atoms with Crippen LogP contribution in [-0.4, -0.2) is 66.1 Å². The highest BCUT2D eigenvalue weighted by Crippen LogP contribution is 2.42. The molecule has 0 aliphatic carbocycles. The van der Waals surface area contributed by atoms with E-state index in [1.54, 1.807) is 17.0 Å². The second-order valence-electron chi connectivity index (χ2n) is 11.0. The topological polar surface area (TPSA) is 125 Å². The largest absolute Gasteiger partial charge is 0.355 e. The number of nitrogens with one attached hydrogen (secondary N) is 1. The second kappa shape index (κ2) is 11.2. The van der Waals surface area contributed by atoms with E-state index in [9.17, 15) is 26.8 Å². The Bertz CT molecular complexity index is 1950. The highest BCUT2D eigenvalue weighted by atomic mass is 35.5. The molecule has 226 valence electrons. The van der Waals surface area contributed by atoms with E-state index in [2.05, 4.69) is 24.6 Å². The number of halogens is 3. The molecule has 14 heteroatoms. The summed E-state index contributed by atoms with van der Waals surface area (Å²) >= 11 is 6.17. The lowest BCUT2D eigenvalue weighted by Crippen LogP contribution is -2.59. The third-order valence-electron chi connectivity index (χ3n) is 7.78. The molecule has 0 bridgehead atoms. The molecule has 10 nitrogen and oxygen atoms in total. The zero-order valence-corrected chi connectivity index (χ0v) is 24.9. The quantitative estimate of drug-likeness (QED) is 0.230. The maximum Gasteiger partial charge on any atom is 0.267 e. The van der Waals surface area contributed by atoms with Gasteiger partial charge in [-0.2, -0.15) is 0 Å². The Morgan fingerprint density at radius 2 is 1.75 bits per heavy atom. The van der Waals surface area contributed by atoms with Crippen LogP contribution in [0.25, 0.3) is 22.0 Å². The van der Waals surface area contributed by atoms with Crippen molar-refractivity contribution in [2.75, 3.05) is 35.8 Å². The van der Waals surface area contributed by atoms with Crippen LogP contribution in [0.4, 0.5) is 20.3 Å². The van der Waals surface area contributed by atoms with Crippen molar-refractivity contribution in [3.8, 4) is 11.1 Å². The predicted octanol–water partition coefficient (Wildman–Crippen LogP) is 4.61. The molecule has 0 radical (unpaired) electrons. The number of anilines is 2. The van der Waals surface area contributed by atoms with Crippen molar-refractivity contribution >= 4 is 55.7 Å². The van der Waals surface area contributed by atoms with Gasteiger partial charge in [0.05, 0.1) is 11.2 Å². The van der Waals surface area contributed by atoms with Gasteiger partial charge in [0.1, 0.15) is 23.8 Å². The van der Waals surface area contributed by atoms with E-state index < -0.39 is 26.6 Å². The third kappa shape index (κ3) is 5.60. The number of carbonyl (C=O) groups excluding carboxylic acids is 2. The fraction of sp³-hybridized carbons (Fsp3) is 0.233. The Morgan fingerprint density at radius 1 is 1.00 bits per heavy atom. The average Bonchev–Trinajstić information content (AvgIpc) is 3.41. The Hall–Kier alpha value is -4.49. The van der Waals surface area contributed by atoms with Gasteiger partial charge in [0.2, 0.25) is 5.91 Å². The molecule has 0 unspecified atom stereocenters. The van der Waals surface area contributed by atoms with E-state index >= 15 is 0 Å². The number of likely N-dealkylation sites (tertiary alicyclic amines) is 1. The summed E-state index contributed by atoms with van der Waals surface area (Å²) in [6.07, 6.45) is 6.40. The molecule has 0 atom stereocenters. The van der Waals surface area contributed by atoms with Crippen LogP contribution in [0.3, 0.4) is 0 Å². The minimum absolute atomic E-state index is 0.0710. The van der Waals surface area contributed by atoms with Crippen molar-refractivity contribution in [3.63, 3.8) is 0 Å². The molecule has 2 saturated heterocycles. The van der Waals surface area contributed by atoms with Crippen LogP contribution in [0.15, 0.2) is 72.0 Å². The van der Waals surface area contributed by atoms with E-state index in [0.717, 1.165) is 36.6 Å². The summed E-state index contributed by atoms with van der Waals surface area (Å²) in [4.78, 5) is 39.3. The Kier molecular flexibility index (Phi) is 7.54. The number of aromatic nitrogens is 3.